The lowest BCUT2D eigenvalue weighted by Gasteiger charge is -2.45. The summed E-state index contributed by atoms with van der Waals surface area (Å²) in [6.45, 7) is 3.75. The first-order valence-electron chi connectivity index (χ1n) is 10.6. The van der Waals surface area contributed by atoms with Gasteiger partial charge in [-0.1, -0.05) is 61.3 Å². The lowest BCUT2D eigenvalue weighted by atomic mass is 9.86. The molecule has 2 heterocycles. The monoisotopic (exact) mass is 516 g/mol. The molecule has 4 nitrogen and oxygen atoms in total. The maximum absolute atomic E-state index is 15.2. The van der Waals surface area contributed by atoms with E-state index in [1.807, 2.05) is 13.8 Å². The number of rotatable bonds is 5. The van der Waals surface area contributed by atoms with E-state index < -0.39 is 17.4 Å². The Balaban J connectivity index is 1.57. The zero-order valence-electron chi connectivity index (χ0n) is 18.3. The van der Waals surface area contributed by atoms with Crippen molar-refractivity contribution >= 4 is 34.8 Å². The van der Waals surface area contributed by atoms with Crippen LogP contribution < -0.4 is 5.48 Å². The summed E-state index contributed by atoms with van der Waals surface area (Å²) >= 11 is 11.8. The van der Waals surface area contributed by atoms with Crippen molar-refractivity contribution in [2.24, 2.45) is 5.92 Å². The van der Waals surface area contributed by atoms with Crippen LogP contribution in [-0.2, 0) is 20.9 Å². The molecule has 0 radical (unpaired) electrons. The molecule has 1 amide bonds. The molecular formula is C24H22Cl2F4N2O2. The molecule has 4 rings (SSSR count). The number of nitrogens with zero attached hydrogens (tertiary/aromatic N) is 1. The summed E-state index contributed by atoms with van der Waals surface area (Å²) < 4.78 is 57.6. The van der Waals surface area contributed by atoms with Gasteiger partial charge in [0.05, 0.1) is 18.8 Å². The lowest BCUT2D eigenvalue weighted by molar-refractivity contribution is -0.269. The number of amides is 1. The van der Waals surface area contributed by atoms with Crippen LogP contribution in [0.15, 0.2) is 48.5 Å². The second-order valence-corrected chi connectivity index (χ2v) is 9.92. The van der Waals surface area contributed by atoms with Gasteiger partial charge in [0.15, 0.2) is 5.67 Å². The quantitative estimate of drug-likeness (QED) is 0.468. The van der Waals surface area contributed by atoms with Gasteiger partial charge in [-0.05, 0) is 41.3 Å². The predicted octanol–water partition coefficient (Wildman–Crippen LogP) is 6.38. The fourth-order valence-electron chi connectivity index (χ4n) is 4.10. The van der Waals surface area contributed by atoms with Gasteiger partial charge in [-0.25, -0.2) is 4.39 Å². The Kier molecular flexibility index (Phi) is 6.38. The molecule has 0 aliphatic carbocycles. The summed E-state index contributed by atoms with van der Waals surface area (Å²) in [7, 11) is 0. The zero-order chi connectivity index (χ0) is 24.9. The molecule has 1 saturated heterocycles. The second-order valence-electron chi connectivity index (χ2n) is 9.04. The van der Waals surface area contributed by atoms with Crippen LogP contribution in [0.5, 0.6) is 0 Å². The molecule has 0 bridgehead atoms. The fourth-order valence-corrected chi connectivity index (χ4v) is 4.62. The summed E-state index contributed by atoms with van der Waals surface area (Å²) in [4.78, 5) is 18.6. The van der Waals surface area contributed by atoms with Crippen molar-refractivity contribution in [3.05, 3.63) is 75.3 Å². The number of nitrogens with one attached hydrogen (secondary N) is 1. The van der Waals surface area contributed by atoms with E-state index in [9.17, 15) is 18.0 Å². The molecule has 2 aliphatic heterocycles. The highest BCUT2D eigenvalue weighted by Crippen LogP contribution is 2.48. The molecule has 1 N–H and O–H groups in total. The van der Waals surface area contributed by atoms with Crippen molar-refractivity contribution in [3.63, 3.8) is 0 Å². The van der Waals surface area contributed by atoms with Gasteiger partial charge in [-0.2, -0.15) is 13.2 Å². The van der Waals surface area contributed by atoms with E-state index in [4.69, 9.17) is 28.0 Å². The molecule has 182 valence electrons. The molecule has 10 heteroatoms. The minimum Gasteiger partial charge on any atom is -0.335 e. The van der Waals surface area contributed by atoms with E-state index in [-0.39, 0.29) is 46.2 Å². The summed E-state index contributed by atoms with van der Waals surface area (Å²) in [6.07, 6.45) is -3.56. The van der Waals surface area contributed by atoms with Crippen LogP contribution in [0.4, 0.5) is 17.6 Å². The van der Waals surface area contributed by atoms with Crippen LogP contribution >= 0.6 is 23.2 Å². The Hall–Kier alpha value is -2.29. The number of likely N-dealkylation sites (tertiary alicyclic amines) is 1. The fraction of sp³-hybridized carbons (Fsp3) is 0.375. The highest BCUT2D eigenvalue weighted by Gasteiger charge is 2.59. The van der Waals surface area contributed by atoms with Crippen molar-refractivity contribution in [1.82, 2.24) is 10.4 Å². The number of hydroxylamine groups is 1. The van der Waals surface area contributed by atoms with Crippen molar-refractivity contribution in [1.29, 1.82) is 0 Å². The first kappa shape index (κ1) is 24.8. The molecule has 0 aromatic heterocycles. The highest BCUT2D eigenvalue weighted by molar-refractivity contribution is 6.34. The van der Waals surface area contributed by atoms with Crippen molar-refractivity contribution in [3.8, 4) is 0 Å². The summed E-state index contributed by atoms with van der Waals surface area (Å²) in [5, 5.41) is 0.0752. The van der Waals surface area contributed by atoms with E-state index in [2.05, 4.69) is 5.48 Å². The van der Waals surface area contributed by atoms with Gasteiger partial charge in [0.2, 0.25) is 11.5 Å². The van der Waals surface area contributed by atoms with Crippen LogP contribution in [0.1, 0.15) is 37.0 Å². The van der Waals surface area contributed by atoms with Crippen LogP contribution in [0.3, 0.4) is 0 Å². The zero-order valence-corrected chi connectivity index (χ0v) is 19.9. The van der Waals surface area contributed by atoms with Crippen LogP contribution in [0, 0.1) is 5.92 Å². The molecule has 2 aliphatic rings. The highest BCUT2D eigenvalue weighted by atomic mass is 35.5. The minimum absolute atomic E-state index is 0.0376. The molecular weight excluding hydrogens is 495 g/mol. The Labute approximate surface area is 204 Å². The molecule has 1 fully saturated rings. The normalized spacial score (nSPS) is 21.8. The first-order valence-corrected chi connectivity index (χ1v) is 11.4. The average Bonchev–Trinajstić information content (AvgIpc) is 3.17. The molecule has 2 aromatic carbocycles. The van der Waals surface area contributed by atoms with Crippen molar-refractivity contribution in [2.45, 2.75) is 37.7 Å². The van der Waals surface area contributed by atoms with E-state index in [0.29, 0.717) is 17.5 Å². The van der Waals surface area contributed by atoms with Crippen LogP contribution in [0.2, 0.25) is 10.0 Å². The van der Waals surface area contributed by atoms with Crippen molar-refractivity contribution in [2.75, 3.05) is 13.1 Å². The third kappa shape index (κ3) is 4.51. The summed E-state index contributed by atoms with van der Waals surface area (Å²) in [6, 6.07) is 9.64. The smallest absolute Gasteiger partial charge is 0.335 e. The lowest BCUT2D eigenvalue weighted by Crippen LogP contribution is -2.58. The topological polar surface area (TPSA) is 41.6 Å². The Morgan fingerprint density at radius 3 is 2.21 bits per heavy atom. The number of alkyl halides is 4. The number of carbonyl (C=O) groups is 1. The van der Waals surface area contributed by atoms with Gasteiger partial charge >= 0.3 is 6.18 Å². The number of benzene rings is 2. The number of hydrogen-bond acceptors (Lipinski definition) is 3. The third-order valence-corrected chi connectivity index (χ3v) is 6.35. The molecule has 1 atom stereocenters. The van der Waals surface area contributed by atoms with Gasteiger partial charge in [0, 0.05) is 22.0 Å². The molecule has 0 saturated carbocycles. The number of carbonyl (C=O) groups excluding carboxylic acids is 1. The Morgan fingerprint density at radius 1 is 1.09 bits per heavy atom. The maximum Gasteiger partial charge on any atom is 0.428 e. The largest absolute Gasteiger partial charge is 0.428 e. The molecule has 0 spiro atoms. The first-order chi connectivity index (χ1) is 15.8. The standard InChI is InChI=1S/C24H22Cl2F4N2O2/c1-14(2)7-21(33)32-12-22(27,13-32)16-5-3-15(4-6-16)20-11-23(34-31-20,24(28,29)30)17-8-18(25)10-19(26)9-17/h3-6,8-11,14,31H,7,12-13H2,1-2H3. The summed E-state index contributed by atoms with van der Waals surface area (Å²) in [5.74, 6) is 0.0875. The molecule has 2 aromatic rings. The second kappa shape index (κ2) is 8.73. The van der Waals surface area contributed by atoms with Gasteiger partial charge in [0.1, 0.15) is 0 Å². The van der Waals surface area contributed by atoms with E-state index >= 15 is 4.39 Å². The van der Waals surface area contributed by atoms with Crippen LogP contribution in [0.25, 0.3) is 5.70 Å². The Bertz CT molecular complexity index is 1110. The van der Waals surface area contributed by atoms with E-state index in [1.165, 1.54) is 35.2 Å². The summed E-state index contributed by atoms with van der Waals surface area (Å²) in [5.41, 5.74) is -1.63. The van der Waals surface area contributed by atoms with Gasteiger partial charge < -0.3 is 4.90 Å². The van der Waals surface area contributed by atoms with E-state index in [1.54, 1.807) is 0 Å². The van der Waals surface area contributed by atoms with E-state index in [0.717, 1.165) is 18.2 Å². The maximum atomic E-state index is 15.2. The minimum atomic E-state index is -4.82. The molecule has 34 heavy (non-hydrogen) atoms. The van der Waals surface area contributed by atoms with Crippen LogP contribution in [-0.4, -0.2) is 30.1 Å². The predicted molar refractivity (Wildman–Crippen MR) is 122 cm³/mol. The number of hydrogen-bond donors (Lipinski definition) is 1. The van der Waals surface area contributed by atoms with Crippen molar-refractivity contribution < 1.29 is 27.2 Å². The SMILES string of the molecule is CC(C)CC(=O)N1CC(F)(c2ccc(C3=CC(c4cc(Cl)cc(Cl)c4)(C(F)(F)F)ON3)cc2)C1. The Morgan fingerprint density at radius 2 is 1.68 bits per heavy atom. The third-order valence-electron chi connectivity index (χ3n) is 5.91. The average molecular weight is 517 g/mol. The van der Waals surface area contributed by atoms with Gasteiger partial charge in [-0.15, -0.1) is 0 Å². The van der Waals surface area contributed by atoms with Gasteiger partial charge in [0.25, 0.3) is 0 Å². The van der Waals surface area contributed by atoms with Gasteiger partial charge in [-0.3, -0.25) is 15.1 Å². The number of halogens is 6. The molecule has 1 unspecified atom stereocenters.